The van der Waals surface area contributed by atoms with Crippen molar-refractivity contribution in [3.05, 3.63) is 95.3 Å². The molecule has 0 fully saturated rings. The highest BCUT2D eigenvalue weighted by molar-refractivity contribution is 6.12. The molecule has 0 aliphatic heterocycles. The minimum Gasteiger partial charge on any atom is -0.386 e. The Morgan fingerprint density at radius 1 is 0.727 bits per heavy atom. The lowest BCUT2D eigenvalue weighted by molar-refractivity contribution is -0.114. The summed E-state index contributed by atoms with van der Waals surface area (Å²) < 4.78 is 0. The molecule has 6 nitrogen and oxygen atoms in total. The Hall–Kier alpha value is -3.80. The third-order valence-electron chi connectivity index (χ3n) is 4.78. The van der Waals surface area contributed by atoms with E-state index in [-0.39, 0.29) is 42.0 Å². The van der Waals surface area contributed by atoms with Gasteiger partial charge >= 0.3 is 0 Å². The van der Waals surface area contributed by atoms with E-state index in [1.54, 1.807) is 62.4 Å². The van der Waals surface area contributed by atoms with Crippen LogP contribution >= 0.6 is 0 Å². The van der Waals surface area contributed by atoms with Gasteiger partial charge in [0, 0.05) is 47.3 Å². The van der Waals surface area contributed by atoms with Crippen molar-refractivity contribution in [2.45, 2.75) is 39.7 Å². The monoisotopic (exact) mass is 446 g/mol. The van der Waals surface area contributed by atoms with Crippen LogP contribution in [0.3, 0.4) is 0 Å². The first kappa shape index (κ1) is 25.5. The summed E-state index contributed by atoms with van der Waals surface area (Å²) in [6.45, 7) is 5.96. The normalized spacial score (nSPS) is 12.6. The summed E-state index contributed by atoms with van der Waals surface area (Å²) in [5.41, 5.74) is 2.34. The zero-order valence-corrected chi connectivity index (χ0v) is 19.3. The minimum absolute atomic E-state index is 0.0386. The van der Waals surface area contributed by atoms with E-state index in [0.717, 1.165) is 0 Å². The van der Waals surface area contributed by atoms with Crippen molar-refractivity contribution in [3.8, 4) is 0 Å². The van der Waals surface area contributed by atoms with E-state index in [2.05, 4.69) is 10.6 Å². The van der Waals surface area contributed by atoms with Gasteiger partial charge in [0.15, 0.2) is 23.1 Å². The summed E-state index contributed by atoms with van der Waals surface area (Å²) in [5.74, 6) is -0.954. The molecule has 0 saturated heterocycles. The van der Waals surface area contributed by atoms with Gasteiger partial charge in [-0.05, 0) is 20.8 Å². The summed E-state index contributed by atoms with van der Waals surface area (Å²) in [6.07, 6.45) is 2.50. The average molecular weight is 447 g/mol. The Labute approximate surface area is 194 Å². The average Bonchev–Trinajstić information content (AvgIpc) is 2.78. The number of hydrogen-bond donors (Lipinski definition) is 2. The molecule has 0 aliphatic rings. The Morgan fingerprint density at radius 2 is 1.15 bits per heavy atom. The SMILES string of the molecule is CC(=CC(=O)CC(=O)c1ccccc1)NC[C@H](C)NC(C)=CC(=O)CC(=O)c1ccccc1. The first-order valence-corrected chi connectivity index (χ1v) is 10.8. The number of nitrogens with one attached hydrogen (secondary N) is 2. The van der Waals surface area contributed by atoms with Gasteiger partial charge in [-0.15, -0.1) is 0 Å². The number of carbonyl (C=O) groups excluding carboxylic acids is 4. The van der Waals surface area contributed by atoms with E-state index in [1.807, 2.05) is 19.1 Å². The molecule has 33 heavy (non-hydrogen) atoms. The number of carbonyl (C=O) groups is 4. The lowest BCUT2D eigenvalue weighted by Crippen LogP contribution is -2.35. The number of rotatable bonds is 13. The van der Waals surface area contributed by atoms with Crippen molar-refractivity contribution in [2.75, 3.05) is 6.54 Å². The van der Waals surface area contributed by atoms with Crippen molar-refractivity contribution in [3.63, 3.8) is 0 Å². The maximum atomic E-state index is 12.2. The number of hydrogen-bond acceptors (Lipinski definition) is 6. The topological polar surface area (TPSA) is 92.3 Å². The van der Waals surface area contributed by atoms with E-state index >= 15 is 0 Å². The summed E-state index contributed by atoms with van der Waals surface area (Å²) >= 11 is 0. The highest BCUT2D eigenvalue weighted by Crippen LogP contribution is 2.06. The summed E-state index contributed by atoms with van der Waals surface area (Å²) in [7, 11) is 0. The number of benzene rings is 2. The van der Waals surface area contributed by atoms with Crippen LogP contribution in [-0.2, 0) is 9.59 Å². The van der Waals surface area contributed by atoms with Crippen molar-refractivity contribution in [1.29, 1.82) is 0 Å². The molecular weight excluding hydrogens is 416 g/mol. The van der Waals surface area contributed by atoms with Crippen molar-refractivity contribution in [1.82, 2.24) is 10.6 Å². The molecular formula is C27H30N2O4. The van der Waals surface area contributed by atoms with Crippen LogP contribution in [0.2, 0.25) is 0 Å². The van der Waals surface area contributed by atoms with Crippen LogP contribution < -0.4 is 10.6 Å². The van der Waals surface area contributed by atoms with E-state index in [4.69, 9.17) is 0 Å². The Kier molecular flexibility index (Phi) is 9.96. The van der Waals surface area contributed by atoms with Crippen LogP contribution in [0.4, 0.5) is 0 Å². The predicted molar refractivity (Wildman–Crippen MR) is 129 cm³/mol. The fourth-order valence-corrected chi connectivity index (χ4v) is 3.20. The molecule has 0 aliphatic carbocycles. The minimum atomic E-state index is -0.265. The van der Waals surface area contributed by atoms with Gasteiger partial charge in [-0.1, -0.05) is 60.7 Å². The second kappa shape index (κ2) is 12.9. The van der Waals surface area contributed by atoms with E-state index < -0.39 is 0 Å². The smallest absolute Gasteiger partial charge is 0.170 e. The molecule has 2 aromatic carbocycles. The Bertz CT molecular complexity index is 1040. The zero-order valence-electron chi connectivity index (χ0n) is 19.3. The molecule has 0 saturated carbocycles. The highest BCUT2D eigenvalue weighted by atomic mass is 16.2. The number of allylic oxidation sites excluding steroid dienone is 4. The molecule has 2 rings (SSSR count). The number of Topliss-reactive ketones (excluding diaryl/α,β-unsaturated/α-hetero) is 2. The van der Waals surface area contributed by atoms with Crippen LogP contribution in [0.5, 0.6) is 0 Å². The maximum absolute atomic E-state index is 12.2. The molecule has 0 bridgehead atoms. The molecule has 0 heterocycles. The van der Waals surface area contributed by atoms with Crippen LogP contribution in [0.25, 0.3) is 0 Å². The first-order valence-electron chi connectivity index (χ1n) is 10.8. The fraction of sp³-hybridized carbons (Fsp3) is 0.259. The molecule has 6 heteroatoms. The van der Waals surface area contributed by atoms with E-state index in [0.29, 0.717) is 29.1 Å². The van der Waals surface area contributed by atoms with Gasteiger partial charge < -0.3 is 10.6 Å². The molecule has 2 aromatic rings. The maximum Gasteiger partial charge on any atom is 0.170 e. The summed E-state index contributed by atoms with van der Waals surface area (Å²) in [5, 5.41) is 6.33. The Balaban J connectivity index is 1.76. The fourth-order valence-electron chi connectivity index (χ4n) is 3.20. The molecule has 0 amide bonds. The lowest BCUT2D eigenvalue weighted by atomic mass is 10.1. The van der Waals surface area contributed by atoms with Gasteiger partial charge in [0.25, 0.3) is 0 Å². The third-order valence-corrected chi connectivity index (χ3v) is 4.78. The van der Waals surface area contributed by atoms with Crippen LogP contribution in [0.1, 0.15) is 54.3 Å². The van der Waals surface area contributed by atoms with Crippen LogP contribution in [0.15, 0.2) is 84.2 Å². The van der Waals surface area contributed by atoms with Gasteiger partial charge in [-0.25, -0.2) is 0 Å². The third kappa shape index (κ3) is 9.47. The zero-order chi connectivity index (χ0) is 24.2. The quantitative estimate of drug-likeness (QED) is 0.274. The molecule has 0 radical (unpaired) electrons. The second-order valence-electron chi connectivity index (χ2n) is 7.95. The standard InChI is InChI=1S/C27H30N2O4/c1-19(14-24(30)16-26(32)22-10-6-4-7-11-22)28-18-21(3)29-20(2)15-25(31)17-27(33)23-12-8-5-9-13-23/h4-15,21,28-29H,16-18H2,1-3H3/t21-/m0/s1. The molecule has 172 valence electrons. The largest absolute Gasteiger partial charge is 0.386 e. The van der Waals surface area contributed by atoms with Gasteiger partial charge in [-0.2, -0.15) is 0 Å². The van der Waals surface area contributed by atoms with E-state index in [1.165, 1.54) is 12.2 Å². The highest BCUT2D eigenvalue weighted by Gasteiger charge is 2.12. The van der Waals surface area contributed by atoms with Crippen molar-refractivity contribution < 1.29 is 19.2 Å². The second-order valence-corrected chi connectivity index (χ2v) is 7.95. The van der Waals surface area contributed by atoms with Crippen molar-refractivity contribution in [2.24, 2.45) is 0 Å². The predicted octanol–water partition coefficient (Wildman–Crippen LogP) is 4.05. The van der Waals surface area contributed by atoms with Crippen LogP contribution in [0, 0.1) is 0 Å². The molecule has 1 atom stereocenters. The molecule has 2 N–H and O–H groups in total. The molecule has 0 spiro atoms. The van der Waals surface area contributed by atoms with Gasteiger partial charge in [0.2, 0.25) is 0 Å². The van der Waals surface area contributed by atoms with E-state index in [9.17, 15) is 19.2 Å². The van der Waals surface area contributed by atoms with Gasteiger partial charge in [0.1, 0.15) is 0 Å². The summed E-state index contributed by atoms with van der Waals surface area (Å²) in [6, 6.07) is 17.4. The summed E-state index contributed by atoms with van der Waals surface area (Å²) in [4.78, 5) is 48.6. The van der Waals surface area contributed by atoms with Crippen molar-refractivity contribution >= 4 is 23.1 Å². The first-order chi connectivity index (χ1) is 15.7. The Morgan fingerprint density at radius 3 is 1.61 bits per heavy atom. The van der Waals surface area contributed by atoms with Gasteiger partial charge in [0.05, 0.1) is 12.8 Å². The van der Waals surface area contributed by atoms with Crippen LogP contribution in [-0.4, -0.2) is 35.7 Å². The number of ketones is 4. The van der Waals surface area contributed by atoms with Gasteiger partial charge in [-0.3, -0.25) is 19.2 Å². The molecule has 0 unspecified atom stereocenters. The lowest BCUT2D eigenvalue weighted by Gasteiger charge is -2.17. The molecule has 0 aromatic heterocycles.